The summed E-state index contributed by atoms with van der Waals surface area (Å²) in [4.78, 5) is 13.4. The number of benzene rings is 1. The van der Waals surface area contributed by atoms with E-state index >= 15 is 0 Å². The van der Waals surface area contributed by atoms with E-state index in [-0.39, 0.29) is 18.1 Å². The molecule has 0 aliphatic carbocycles. The number of nitrogens with zero attached hydrogens (tertiary/aromatic N) is 1. The smallest absolute Gasteiger partial charge is 0.227 e. The van der Waals surface area contributed by atoms with Crippen LogP contribution in [0.1, 0.15) is 31.7 Å². The lowest BCUT2D eigenvalue weighted by Gasteiger charge is -2.18. The Morgan fingerprint density at radius 1 is 1.32 bits per heavy atom. The standard InChI is InChI=1S/C14H21NO3S/c1-11(2)12-6-5-7-13(10-12)15(3)14(16)8-9-19(4,17)18/h5-7,10-11H,8-9H2,1-4H3. The predicted octanol–water partition coefficient (Wildman–Crippen LogP) is 2.21. The lowest BCUT2D eigenvalue weighted by atomic mass is 10.0. The highest BCUT2D eigenvalue weighted by Gasteiger charge is 2.14. The van der Waals surface area contributed by atoms with Gasteiger partial charge in [-0.15, -0.1) is 0 Å². The average molecular weight is 283 g/mol. The van der Waals surface area contributed by atoms with Gasteiger partial charge in [0.2, 0.25) is 5.91 Å². The summed E-state index contributed by atoms with van der Waals surface area (Å²) in [6, 6.07) is 7.74. The molecule has 0 saturated carbocycles. The van der Waals surface area contributed by atoms with Gasteiger partial charge < -0.3 is 4.90 Å². The Hall–Kier alpha value is -1.36. The van der Waals surface area contributed by atoms with Crippen molar-refractivity contribution < 1.29 is 13.2 Å². The summed E-state index contributed by atoms with van der Waals surface area (Å²) >= 11 is 0. The maximum Gasteiger partial charge on any atom is 0.227 e. The largest absolute Gasteiger partial charge is 0.315 e. The molecule has 1 rings (SSSR count). The highest BCUT2D eigenvalue weighted by Crippen LogP contribution is 2.21. The third kappa shape index (κ3) is 5.03. The molecule has 0 saturated heterocycles. The minimum Gasteiger partial charge on any atom is -0.315 e. The Morgan fingerprint density at radius 3 is 2.47 bits per heavy atom. The first-order chi connectivity index (χ1) is 8.70. The number of hydrogen-bond acceptors (Lipinski definition) is 3. The van der Waals surface area contributed by atoms with Gasteiger partial charge in [-0.3, -0.25) is 4.79 Å². The van der Waals surface area contributed by atoms with E-state index in [2.05, 4.69) is 13.8 Å². The zero-order chi connectivity index (χ0) is 14.6. The van der Waals surface area contributed by atoms with Gasteiger partial charge in [0.05, 0.1) is 5.75 Å². The van der Waals surface area contributed by atoms with Crippen molar-refractivity contribution in [3.63, 3.8) is 0 Å². The van der Waals surface area contributed by atoms with Crippen LogP contribution < -0.4 is 4.90 Å². The molecule has 0 bridgehead atoms. The van der Waals surface area contributed by atoms with Crippen LogP contribution >= 0.6 is 0 Å². The molecule has 1 aromatic rings. The molecule has 0 fully saturated rings. The lowest BCUT2D eigenvalue weighted by molar-refractivity contribution is -0.117. The number of anilines is 1. The molecule has 0 aliphatic heterocycles. The van der Waals surface area contributed by atoms with Crippen molar-refractivity contribution in [3.05, 3.63) is 29.8 Å². The first kappa shape index (κ1) is 15.7. The second kappa shape index (κ2) is 6.19. The van der Waals surface area contributed by atoms with Crippen LogP contribution in [-0.2, 0) is 14.6 Å². The van der Waals surface area contributed by atoms with Gasteiger partial charge in [0.1, 0.15) is 9.84 Å². The second-order valence-electron chi connectivity index (χ2n) is 5.08. The Labute approximate surface area is 115 Å². The fourth-order valence-electron chi connectivity index (χ4n) is 1.68. The first-order valence-electron chi connectivity index (χ1n) is 6.25. The van der Waals surface area contributed by atoms with Crippen LogP contribution in [0.2, 0.25) is 0 Å². The number of hydrogen-bond donors (Lipinski definition) is 0. The molecule has 0 aliphatic rings. The van der Waals surface area contributed by atoms with Crippen molar-refractivity contribution in [2.75, 3.05) is 24.0 Å². The third-order valence-corrected chi connectivity index (χ3v) is 3.93. The molecule has 4 nitrogen and oxygen atoms in total. The van der Waals surface area contributed by atoms with E-state index < -0.39 is 9.84 Å². The Kier molecular flexibility index (Phi) is 5.11. The molecule has 5 heteroatoms. The summed E-state index contributed by atoms with van der Waals surface area (Å²) in [5.74, 6) is 0.0888. The zero-order valence-corrected chi connectivity index (χ0v) is 12.7. The second-order valence-corrected chi connectivity index (χ2v) is 7.34. The number of amides is 1. The number of carbonyl (C=O) groups excluding carboxylic acids is 1. The molecule has 0 radical (unpaired) electrons. The summed E-state index contributed by atoms with van der Waals surface area (Å²) in [6.45, 7) is 4.18. The van der Waals surface area contributed by atoms with E-state index in [1.165, 1.54) is 4.90 Å². The van der Waals surface area contributed by atoms with E-state index in [0.717, 1.165) is 17.5 Å². The molecule has 0 aromatic heterocycles. The quantitative estimate of drug-likeness (QED) is 0.832. The Balaban J connectivity index is 2.79. The van der Waals surface area contributed by atoms with Crippen molar-refractivity contribution in [2.24, 2.45) is 0 Å². The average Bonchev–Trinajstić information content (AvgIpc) is 2.34. The van der Waals surface area contributed by atoms with Gasteiger partial charge in [0.15, 0.2) is 0 Å². The minimum atomic E-state index is -3.10. The van der Waals surface area contributed by atoms with Crippen molar-refractivity contribution in [2.45, 2.75) is 26.2 Å². The zero-order valence-electron chi connectivity index (χ0n) is 11.9. The summed E-state index contributed by atoms with van der Waals surface area (Å²) < 4.78 is 22.1. The van der Waals surface area contributed by atoms with Gasteiger partial charge in [-0.2, -0.15) is 0 Å². The monoisotopic (exact) mass is 283 g/mol. The van der Waals surface area contributed by atoms with Crippen LogP contribution in [0.5, 0.6) is 0 Å². The van der Waals surface area contributed by atoms with Crippen molar-refractivity contribution in [3.8, 4) is 0 Å². The molecule has 0 N–H and O–H groups in total. The van der Waals surface area contributed by atoms with Crippen molar-refractivity contribution in [1.29, 1.82) is 0 Å². The third-order valence-electron chi connectivity index (χ3n) is 2.98. The van der Waals surface area contributed by atoms with Crippen LogP contribution in [0.4, 0.5) is 5.69 Å². The summed E-state index contributed by atoms with van der Waals surface area (Å²) in [5, 5.41) is 0. The molecular formula is C14H21NO3S. The van der Waals surface area contributed by atoms with E-state index in [9.17, 15) is 13.2 Å². The van der Waals surface area contributed by atoms with Crippen LogP contribution in [0.15, 0.2) is 24.3 Å². The van der Waals surface area contributed by atoms with Crippen LogP contribution in [0.25, 0.3) is 0 Å². The van der Waals surface area contributed by atoms with Gasteiger partial charge >= 0.3 is 0 Å². The number of sulfone groups is 1. The minimum absolute atomic E-state index is 0.0151. The molecule has 1 amide bonds. The predicted molar refractivity (Wildman–Crippen MR) is 78.3 cm³/mol. The Morgan fingerprint density at radius 2 is 1.95 bits per heavy atom. The van der Waals surface area contributed by atoms with Crippen LogP contribution in [-0.4, -0.2) is 33.4 Å². The van der Waals surface area contributed by atoms with Crippen molar-refractivity contribution >= 4 is 21.4 Å². The lowest BCUT2D eigenvalue weighted by Crippen LogP contribution is -2.28. The van der Waals surface area contributed by atoms with Crippen molar-refractivity contribution in [1.82, 2.24) is 0 Å². The van der Waals surface area contributed by atoms with Gasteiger partial charge in [-0.05, 0) is 23.6 Å². The van der Waals surface area contributed by atoms with Gasteiger partial charge in [0.25, 0.3) is 0 Å². The molecule has 0 unspecified atom stereocenters. The molecule has 0 heterocycles. The van der Waals surface area contributed by atoms with E-state index in [4.69, 9.17) is 0 Å². The SMILES string of the molecule is CC(C)c1cccc(N(C)C(=O)CCS(C)(=O)=O)c1. The highest BCUT2D eigenvalue weighted by atomic mass is 32.2. The van der Waals surface area contributed by atoms with Crippen LogP contribution in [0.3, 0.4) is 0 Å². The summed E-state index contributed by atoms with van der Waals surface area (Å²) in [5.41, 5.74) is 1.95. The van der Waals surface area contributed by atoms with E-state index in [1.807, 2.05) is 24.3 Å². The summed E-state index contributed by atoms with van der Waals surface area (Å²) in [7, 11) is -1.43. The van der Waals surface area contributed by atoms with Crippen LogP contribution in [0, 0.1) is 0 Å². The molecule has 1 aromatic carbocycles. The number of rotatable bonds is 5. The molecule has 106 valence electrons. The molecule has 0 atom stereocenters. The molecule has 0 spiro atoms. The molecule has 19 heavy (non-hydrogen) atoms. The Bertz CT molecular complexity index is 550. The first-order valence-corrected chi connectivity index (χ1v) is 8.31. The van der Waals surface area contributed by atoms with E-state index in [0.29, 0.717) is 5.92 Å². The highest BCUT2D eigenvalue weighted by molar-refractivity contribution is 7.90. The van der Waals surface area contributed by atoms with E-state index in [1.54, 1.807) is 7.05 Å². The fourth-order valence-corrected chi connectivity index (χ4v) is 2.22. The number of carbonyl (C=O) groups is 1. The maximum absolute atomic E-state index is 11.9. The fraction of sp³-hybridized carbons (Fsp3) is 0.500. The van der Waals surface area contributed by atoms with Gasteiger partial charge in [0, 0.05) is 25.4 Å². The molecular weight excluding hydrogens is 262 g/mol. The normalized spacial score (nSPS) is 11.6. The maximum atomic E-state index is 11.9. The van der Waals surface area contributed by atoms with Gasteiger partial charge in [-0.25, -0.2) is 8.42 Å². The topological polar surface area (TPSA) is 54.5 Å². The van der Waals surface area contributed by atoms with Gasteiger partial charge in [-0.1, -0.05) is 26.0 Å². The summed E-state index contributed by atoms with van der Waals surface area (Å²) in [6.07, 6.45) is 1.15.